The largest absolute Gasteiger partial charge is 0.342 e. The molecule has 88 valence electrons. The molecule has 0 spiro atoms. The van der Waals surface area contributed by atoms with E-state index in [9.17, 15) is 4.79 Å². The Labute approximate surface area is 97.4 Å². The Hall–Kier alpha value is -1.04. The van der Waals surface area contributed by atoms with Crippen molar-refractivity contribution in [2.45, 2.75) is 45.4 Å². The molecule has 3 heteroatoms. The maximum Gasteiger partial charge on any atom is 0.228 e. The molecule has 16 heavy (non-hydrogen) atoms. The smallest absolute Gasteiger partial charge is 0.228 e. The van der Waals surface area contributed by atoms with Crippen LogP contribution in [0.1, 0.15) is 45.4 Å². The van der Waals surface area contributed by atoms with Crippen LogP contribution in [-0.4, -0.2) is 23.9 Å². The van der Waals surface area contributed by atoms with E-state index in [0.29, 0.717) is 5.91 Å². The molecule has 0 aromatic rings. The number of hydrogen-bond donors (Lipinski definition) is 0. The molecule has 1 aliphatic heterocycles. The maximum atomic E-state index is 12.4. The van der Waals surface area contributed by atoms with Gasteiger partial charge in [-0.25, -0.2) is 0 Å². The lowest BCUT2D eigenvalue weighted by atomic mass is 9.86. The van der Waals surface area contributed by atoms with Gasteiger partial charge in [-0.1, -0.05) is 19.8 Å². The highest BCUT2D eigenvalue weighted by atomic mass is 16.2. The number of carbonyl (C=O) groups excluding carboxylic acids is 1. The van der Waals surface area contributed by atoms with Gasteiger partial charge in [0.15, 0.2) is 0 Å². The number of nitriles is 1. The summed E-state index contributed by atoms with van der Waals surface area (Å²) in [5.74, 6) is 0.502. The molecular formula is C13H20N2O. The molecule has 2 rings (SSSR count). The van der Waals surface area contributed by atoms with E-state index in [2.05, 4.69) is 13.0 Å². The summed E-state index contributed by atoms with van der Waals surface area (Å²) in [6.07, 6.45) is 6.19. The van der Waals surface area contributed by atoms with Crippen molar-refractivity contribution < 1.29 is 4.79 Å². The molecule has 0 atom stereocenters. The van der Waals surface area contributed by atoms with Gasteiger partial charge in [0.1, 0.15) is 0 Å². The summed E-state index contributed by atoms with van der Waals surface area (Å²) < 4.78 is 0. The van der Waals surface area contributed by atoms with Crippen LogP contribution in [0.15, 0.2) is 0 Å². The average molecular weight is 220 g/mol. The SMILES string of the molecule is CC1(C(=O)N2CCC(C#N)CC2)CCCC1. The van der Waals surface area contributed by atoms with Gasteiger partial charge in [0.2, 0.25) is 5.91 Å². The van der Waals surface area contributed by atoms with Gasteiger partial charge < -0.3 is 4.90 Å². The lowest BCUT2D eigenvalue weighted by Crippen LogP contribution is -2.45. The molecule has 1 saturated carbocycles. The summed E-state index contributed by atoms with van der Waals surface area (Å²) in [6, 6.07) is 2.30. The topological polar surface area (TPSA) is 44.1 Å². The monoisotopic (exact) mass is 220 g/mol. The number of piperidine rings is 1. The number of carbonyl (C=O) groups is 1. The van der Waals surface area contributed by atoms with Crippen molar-refractivity contribution in [1.29, 1.82) is 5.26 Å². The van der Waals surface area contributed by atoms with Crippen LogP contribution in [0.25, 0.3) is 0 Å². The molecule has 0 N–H and O–H groups in total. The van der Waals surface area contributed by atoms with Crippen molar-refractivity contribution in [2.24, 2.45) is 11.3 Å². The first-order valence-electron chi connectivity index (χ1n) is 6.35. The number of rotatable bonds is 1. The number of nitrogens with zero attached hydrogens (tertiary/aromatic N) is 2. The van der Waals surface area contributed by atoms with Gasteiger partial charge in [0.25, 0.3) is 0 Å². The van der Waals surface area contributed by atoms with E-state index in [0.717, 1.165) is 38.8 Å². The summed E-state index contributed by atoms with van der Waals surface area (Å²) >= 11 is 0. The van der Waals surface area contributed by atoms with Crippen molar-refractivity contribution in [1.82, 2.24) is 4.90 Å². The van der Waals surface area contributed by atoms with E-state index >= 15 is 0 Å². The Kier molecular flexibility index (Phi) is 3.18. The predicted octanol–water partition coefficient (Wildman–Crippen LogP) is 2.33. The zero-order chi connectivity index (χ0) is 11.6. The molecule has 1 aliphatic carbocycles. The summed E-state index contributed by atoms with van der Waals surface area (Å²) in [5.41, 5.74) is -0.0977. The van der Waals surface area contributed by atoms with E-state index in [1.165, 1.54) is 12.8 Å². The highest BCUT2D eigenvalue weighted by Gasteiger charge is 2.39. The van der Waals surface area contributed by atoms with Gasteiger partial charge >= 0.3 is 0 Å². The van der Waals surface area contributed by atoms with Crippen LogP contribution in [0.2, 0.25) is 0 Å². The zero-order valence-electron chi connectivity index (χ0n) is 10.0. The molecule has 0 aromatic carbocycles. The Morgan fingerprint density at radius 2 is 1.88 bits per heavy atom. The molecule has 0 unspecified atom stereocenters. The van der Waals surface area contributed by atoms with Crippen LogP contribution in [0.3, 0.4) is 0 Å². The zero-order valence-corrected chi connectivity index (χ0v) is 10.0. The predicted molar refractivity (Wildman–Crippen MR) is 61.5 cm³/mol. The first kappa shape index (κ1) is 11.4. The highest BCUT2D eigenvalue weighted by molar-refractivity contribution is 5.82. The van der Waals surface area contributed by atoms with Crippen LogP contribution < -0.4 is 0 Å². The van der Waals surface area contributed by atoms with Gasteiger partial charge in [-0.3, -0.25) is 4.79 Å². The summed E-state index contributed by atoms with van der Waals surface area (Å²) in [6.45, 7) is 3.68. The number of amides is 1. The van der Waals surface area contributed by atoms with Crippen molar-refractivity contribution >= 4 is 5.91 Å². The number of hydrogen-bond acceptors (Lipinski definition) is 2. The normalized spacial score (nSPS) is 25.4. The Morgan fingerprint density at radius 3 is 2.38 bits per heavy atom. The molecule has 2 fully saturated rings. The highest BCUT2D eigenvalue weighted by Crippen LogP contribution is 2.39. The van der Waals surface area contributed by atoms with E-state index in [4.69, 9.17) is 5.26 Å². The molecule has 3 nitrogen and oxygen atoms in total. The molecule has 1 amide bonds. The van der Waals surface area contributed by atoms with E-state index in [1.807, 2.05) is 4.90 Å². The quantitative estimate of drug-likeness (QED) is 0.680. The molecule has 0 bridgehead atoms. The molecule has 1 heterocycles. The first-order chi connectivity index (χ1) is 7.65. The van der Waals surface area contributed by atoms with Crippen LogP contribution >= 0.6 is 0 Å². The van der Waals surface area contributed by atoms with Crippen molar-refractivity contribution in [2.75, 3.05) is 13.1 Å². The Bertz CT molecular complexity index is 304. The van der Waals surface area contributed by atoms with E-state index < -0.39 is 0 Å². The second-order valence-electron chi connectivity index (χ2n) is 5.46. The standard InChI is InChI=1S/C13H20N2O/c1-13(6-2-3-7-13)12(16)15-8-4-11(10-14)5-9-15/h11H,2-9H2,1H3. The van der Waals surface area contributed by atoms with Gasteiger partial charge in [0.05, 0.1) is 6.07 Å². The summed E-state index contributed by atoms with van der Waals surface area (Å²) in [5, 5.41) is 8.82. The maximum absolute atomic E-state index is 12.4. The van der Waals surface area contributed by atoms with Crippen LogP contribution in [0.4, 0.5) is 0 Å². The third-order valence-corrected chi connectivity index (χ3v) is 4.19. The fourth-order valence-electron chi connectivity index (χ4n) is 2.96. The van der Waals surface area contributed by atoms with Gasteiger partial charge in [-0.15, -0.1) is 0 Å². The van der Waals surface area contributed by atoms with Crippen molar-refractivity contribution in [3.05, 3.63) is 0 Å². The van der Waals surface area contributed by atoms with E-state index in [-0.39, 0.29) is 11.3 Å². The van der Waals surface area contributed by atoms with Crippen molar-refractivity contribution in [3.63, 3.8) is 0 Å². The second kappa shape index (κ2) is 4.45. The van der Waals surface area contributed by atoms with Gasteiger partial charge in [-0.2, -0.15) is 5.26 Å². The summed E-state index contributed by atoms with van der Waals surface area (Å²) in [7, 11) is 0. The Morgan fingerprint density at radius 1 is 1.31 bits per heavy atom. The van der Waals surface area contributed by atoms with Crippen LogP contribution in [0.5, 0.6) is 0 Å². The molecule has 2 aliphatic rings. The minimum atomic E-state index is -0.0977. The second-order valence-corrected chi connectivity index (χ2v) is 5.46. The summed E-state index contributed by atoms with van der Waals surface area (Å²) in [4.78, 5) is 14.3. The molecule has 0 radical (unpaired) electrons. The lowest BCUT2D eigenvalue weighted by Gasteiger charge is -2.35. The Balaban J connectivity index is 1.94. The minimum absolute atomic E-state index is 0.0977. The lowest BCUT2D eigenvalue weighted by molar-refractivity contribution is -0.142. The van der Waals surface area contributed by atoms with Gasteiger partial charge in [0, 0.05) is 24.4 Å². The van der Waals surface area contributed by atoms with E-state index in [1.54, 1.807) is 0 Å². The molecule has 0 aromatic heterocycles. The first-order valence-corrected chi connectivity index (χ1v) is 6.35. The van der Waals surface area contributed by atoms with Crippen LogP contribution in [0, 0.1) is 22.7 Å². The molecular weight excluding hydrogens is 200 g/mol. The van der Waals surface area contributed by atoms with Crippen LogP contribution in [-0.2, 0) is 4.79 Å². The third-order valence-electron chi connectivity index (χ3n) is 4.19. The fourth-order valence-corrected chi connectivity index (χ4v) is 2.96. The third kappa shape index (κ3) is 2.07. The minimum Gasteiger partial charge on any atom is -0.342 e. The number of likely N-dealkylation sites (tertiary alicyclic amines) is 1. The average Bonchev–Trinajstić information content (AvgIpc) is 2.77. The van der Waals surface area contributed by atoms with Crippen molar-refractivity contribution in [3.8, 4) is 6.07 Å². The molecule has 1 saturated heterocycles. The fraction of sp³-hybridized carbons (Fsp3) is 0.846. The van der Waals surface area contributed by atoms with Gasteiger partial charge in [-0.05, 0) is 25.7 Å².